The predicted molar refractivity (Wildman–Crippen MR) is 99.9 cm³/mol. The van der Waals surface area contributed by atoms with Crippen molar-refractivity contribution >= 4 is 23.7 Å². The van der Waals surface area contributed by atoms with Gasteiger partial charge in [-0.3, -0.25) is 20.2 Å². The van der Waals surface area contributed by atoms with E-state index in [1.807, 2.05) is 13.0 Å². The highest BCUT2D eigenvalue weighted by Crippen LogP contribution is 2.14. The normalized spacial score (nSPS) is 10.1. The van der Waals surface area contributed by atoms with E-state index in [4.69, 9.17) is 4.74 Å². The summed E-state index contributed by atoms with van der Waals surface area (Å²) < 4.78 is 5.10. The van der Waals surface area contributed by atoms with Crippen LogP contribution in [-0.4, -0.2) is 33.9 Å². The fourth-order valence-corrected chi connectivity index (χ4v) is 2.31. The van der Waals surface area contributed by atoms with E-state index >= 15 is 0 Å². The zero-order chi connectivity index (χ0) is 19.2. The molecule has 0 aliphatic rings. The standard InChI is InChI=1S/C19H17N5O3/c1-12-5-3-6-13(9-12)16(25)22-18-20-11-21-19(24-18)23-17(26)14-7-4-8-15(10-14)27-2/h3-11H,1-2H3,(H2,20,21,22,23,24,25,26). The third-order valence-electron chi connectivity index (χ3n) is 3.63. The van der Waals surface area contributed by atoms with E-state index in [9.17, 15) is 9.59 Å². The van der Waals surface area contributed by atoms with Gasteiger partial charge in [-0.05, 0) is 37.3 Å². The molecule has 0 aliphatic heterocycles. The van der Waals surface area contributed by atoms with Gasteiger partial charge in [0.2, 0.25) is 11.9 Å². The monoisotopic (exact) mass is 363 g/mol. The molecule has 136 valence electrons. The first-order chi connectivity index (χ1) is 13.0. The summed E-state index contributed by atoms with van der Waals surface area (Å²) in [4.78, 5) is 36.5. The second kappa shape index (κ2) is 8.05. The number of benzene rings is 2. The fourth-order valence-electron chi connectivity index (χ4n) is 2.31. The first-order valence-corrected chi connectivity index (χ1v) is 8.07. The van der Waals surface area contributed by atoms with Crippen LogP contribution in [0.25, 0.3) is 0 Å². The van der Waals surface area contributed by atoms with Gasteiger partial charge in [0, 0.05) is 11.1 Å². The molecule has 2 N–H and O–H groups in total. The maximum atomic E-state index is 12.3. The van der Waals surface area contributed by atoms with Crippen LogP contribution in [0.3, 0.4) is 0 Å². The maximum absolute atomic E-state index is 12.3. The van der Waals surface area contributed by atoms with Gasteiger partial charge in [0.25, 0.3) is 11.8 Å². The number of rotatable bonds is 5. The minimum Gasteiger partial charge on any atom is -0.497 e. The van der Waals surface area contributed by atoms with Crippen molar-refractivity contribution in [3.05, 3.63) is 71.5 Å². The molecule has 8 heteroatoms. The maximum Gasteiger partial charge on any atom is 0.258 e. The largest absolute Gasteiger partial charge is 0.497 e. The third kappa shape index (κ3) is 4.63. The highest BCUT2D eigenvalue weighted by atomic mass is 16.5. The van der Waals surface area contributed by atoms with Crippen molar-refractivity contribution in [2.75, 3.05) is 17.7 Å². The minimum atomic E-state index is -0.406. The van der Waals surface area contributed by atoms with Crippen LogP contribution in [0.2, 0.25) is 0 Å². The van der Waals surface area contributed by atoms with Gasteiger partial charge in [-0.25, -0.2) is 9.97 Å². The number of hydrogen-bond acceptors (Lipinski definition) is 6. The van der Waals surface area contributed by atoms with E-state index in [0.29, 0.717) is 16.9 Å². The predicted octanol–water partition coefficient (Wildman–Crippen LogP) is 2.69. The number of carbonyl (C=O) groups is 2. The fraction of sp³-hybridized carbons (Fsp3) is 0.105. The summed E-state index contributed by atoms with van der Waals surface area (Å²) in [6.07, 6.45) is 1.21. The lowest BCUT2D eigenvalue weighted by atomic mass is 10.1. The van der Waals surface area contributed by atoms with Gasteiger partial charge < -0.3 is 4.74 Å². The summed E-state index contributed by atoms with van der Waals surface area (Å²) in [6.45, 7) is 1.89. The van der Waals surface area contributed by atoms with Crippen molar-refractivity contribution in [2.24, 2.45) is 0 Å². The van der Waals surface area contributed by atoms with Crippen LogP contribution in [0.1, 0.15) is 26.3 Å². The van der Waals surface area contributed by atoms with Crippen LogP contribution in [0.4, 0.5) is 11.9 Å². The number of aryl methyl sites for hydroxylation is 1. The number of carbonyl (C=O) groups excluding carboxylic acids is 2. The van der Waals surface area contributed by atoms with Crippen molar-refractivity contribution in [3.63, 3.8) is 0 Å². The van der Waals surface area contributed by atoms with Crippen molar-refractivity contribution < 1.29 is 14.3 Å². The Hall–Kier alpha value is -3.81. The Kier molecular flexibility index (Phi) is 5.36. The molecule has 3 rings (SSSR count). The highest BCUT2D eigenvalue weighted by Gasteiger charge is 2.12. The molecule has 27 heavy (non-hydrogen) atoms. The summed E-state index contributed by atoms with van der Waals surface area (Å²) in [5.74, 6) is -0.134. The van der Waals surface area contributed by atoms with Crippen LogP contribution >= 0.6 is 0 Å². The molecule has 0 radical (unpaired) electrons. The van der Waals surface area contributed by atoms with Gasteiger partial charge in [-0.2, -0.15) is 4.98 Å². The van der Waals surface area contributed by atoms with Crippen LogP contribution in [0.5, 0.6) is 5.75 Å². The molecule has 0 saturated heterocycles. The van der Waals surface area contributed by atoms with Gasteiger partial charge in [-0.1, -0.05) is 23.8 Å². The Morgan fingerprint density at radius 2 is 1.48 bits per heavy atom. The SMILES string of the molecule is COc1cccc(C(=O)Nc2ncnc(NC(=O)c3cccc(C)c3)n2)c1. The number of methoxy groups -OCH3 is 1. The van der Waals surface area contributed by atoms with Crippen molar-refractivity contribution in [1.82, 2.24) is 15.0 Å². The van der Waals surface area contributed by atoms with Crippen molar-refractivity contribution in [1.29, 1.82) is 0 Å². The van der Waals surface area contributed by atoms with Gasteiger partial charge >= 0.3 is 0 Å². The van der Waals surface area contributed by atoms with E-state index in [1.54, 1.807) is 42.5 Å². The van der Waals surface area contributed by atoms with Gasteiger partial charge in [0.05, 0.1) is 7.11 Å². The summed E-state index contributed by atoms with van der Waals surface area (Å²) >= 11 is 0. The number of hydrogen-bond donors (Lipinski definition) is 2. The summed E-state index contributed by atoms with van der Waals surface area (Å²) in [5.41, 5.74) is 1.84. The lowest BCUT2D eigenvalue weighted by Gasteiger charge is -2.07. The van der Waals surface area contributed by atoms with Gasteiger partial charge in [0.15, 0.2) is 0 Å². The number of ether oxygens (including phenoxy) is 1. The molecule has 0 atom stereocenters. The Labute approximate surface area is 155 Å². The lowest BCUT2D eigenvalue weighted by Crippen LogP contribution is -2.18. The molecule has 0 spiro atoms. The molecule has 3 aromatic rings. The summed E-state index contributed by atoms with van der Waals surface area (Å²) in [7, 11) is 1.52. The van der Waals surface area contributed by atoms with Crippen molar-refractivity contribution in [3.8, 4) is 5.75 Å². The molecule has 8 nitrogen and oxygen atoms in total. The Bertz CT molecular complexity index is 990. The second-order valence-electron chi connectivity index (χ2n) is 5.64. The molecule has 0 aliphatic carbocycles. The third-order valence-corrected chi connectivity index (χ3v) is 3.63. The van der Waals surface area contributed by atoms with Crippen LogP contribution < -0.4 is 15.4 Å². The van der Waals surface area contributed by atoms with E-state index in [1.165, 1.54) is 13.4 Å². The van der Waals surface area contributed by atoms with Crippen LogP contribution in [0.15, 0.2) is 54.9 Å². The zero-order valence-corrected chi connectivity index (χ0v) is 14.8. The van der Waals surface area contributed by atoms with Crippen LogP contribution in [-0.2, 0) is 0 Å². The quantitative estimate of drug-likeness (QED) is 0.722. The van der Waals surface area contributed by atoms with Crippen molar-refractivity contribution in [2.45, 2.75) is 6.92 Å². The molecular weight excluding hydrogens is 346 g/mol. The molecule has 2 aromatic carbocycles. The Morgan fingerprint density at radius 1 is 0.889 bits per heavy atom. The van der Waals surface area contributed by atoms with Gasteiger partial charge in [-0.15, -0.1) is 0 Å². The van der Waals surface area contributed by atoms with E-state index < -0.39 is 5.91 Å². The number of aromatic nitrogens is 3. The molecule has 1 aromatic heterocycles. The molecule has 0 unspecified atom stereocenters. The van der Waals surface area contributed by atoms with Gasteiger partial charge in [0.1, 0.15) is 12.1 Å². The zero-order valence-electron chi connectivity index (χ0n) is 14.8. The minimum absolute atomic E-state index is 0.0253. The summed E-state index contributed by atoms with van der Waals surface area (Å²) in [5, 5.41) is 5.15. The molecule has 0 bridgehead atoms. The molecular formula is C19H17N5O3. The molecule has 1 heterocycles. The van der Waals surface area contributed by atoms with E-state index in [2.05, 4.69) is 25.6 Å². The topological polar surface area (TPSA) is 106 Å². The smallest absolute Gasteiger partial charge is 0.258 e. The lowest BCUT2D eigenvalue weighted by molar-refractivity contribution is 0.101. The number of nitrogens with zero attached hydrogens (tertiary/aromatic N) is 3. The molecule has 0 saturated carbocycles. The average molecular weight is 363 g/mol. The number of nitrogens with one attached hydrogen (secondary N) is 2. The first-order valence-electron chi connectivity index (χ1n) is 8.07. The second-order valence-corrected chi connectivity index (χ2v) is 5.64. The Morgan fingerprint density at radius 3 is 2.07 bits per heavy atom. The van der Waals surface area contributed by atoms with E-state index in [-0.39, 0.29) is 17.8 Å². The Balaban J connectivity index is 1.71. The molecule has 0 fully saturated rings. The average Bonchev–Trinajstić information content (AvgIpc) is 2.68. The summed E-state index contributed by atoms with van der Waals surface area (Å²) in [6, 6.07) is 13.8. The molecule has 2 amide bonds. The van der Waals surface area contributed by atoms with Crippen LogP contribution in [0, 0.1) is 6.92 Å². The first kappa shape index (κ1) is 18.0. The number of amides is 2. The highest BCUT2D eigenvalue weighted by molar-refractivity contribution is 6.04. The number of anilines is 2. The van der Waals surface area contributed by atoms with E-state index in [0.717, 1.165) is 5.56 Å².